The third-order valence-electron chi connectivity index (χ3n) is 1.78. The van der Waals surface area contributed by atoms with Crippen molar-refractivity contribution in [2.45, 2.75) is 18.9 Å². The summed E-state index contributed by atoms with van der Waals surface area (Å²) in [5.41, 5.74) is 0. The summed E-state index contributed by atoms with van der Waals surface area (Å²) in [7, 11) is -1.83. The van der Waals surface area contributed by atoms with Crippen LogP contribution in [0.15, 0.2) is 12.4 Å². The lowest BCUT2D eigenvalue weighted by molar-refractivity contribution is 0.287. The van der Waals surface area contributed by atoms with Crippen molar-refractivity contribution in [2.75, 3.05) is 5.32 Å². The summed E-state index contributed by atoms with van der Waals surface area (Å²) in [6, 6.07) is 0.491. The van der Waals surface area contributed by atoms with E-state index in [0.29, 0.717) is 12.0 Å². The second kappa shape index (κ2) is 3.81. The van der Waals surface area contributed by atoms with Crippen LogP contribution < -0.4 is 9.97 Å². The van der Waals surface area contributed by atoms with Gasteiger partial charge in [-0.05, 0) is 12.8 Å². The Morgan fingerprint density at radius 1 is 1.36 bits per heavy atom. The van der Waals surface area contributed by atoms with Gasteiger partial charge in [-0.1, -0.05) is 0 Å². The second-order valence-electron chi connectivity index (χ2n) is 3.11. The summed E-state index contributed by atoms with van der Waals surface area (Å²) in [6.07, 6.45) is 5.07. The smallest absolute Gasteiger partial charge is 0.509 e. The Balaban J connectivity index is 1.94. The van der Waals surface area contributed by atoms with Crippen molar-refractivity contribution in [2.24, 2.45) is 0 Å². The molecule has 2 rings (SSSR count). The van der Waals surface area contributed by atoms with Gasteiger partial charge in [0.1, 0.15) is 5.75 Å². The van der Waals surface area contributed by atoms with Crippen LogP contribution in [-0.2, 0) is 0 Å². The Morgan fingerprint density at radius 2 is 2.00 bits per heavy atom. The van der Waals surface area contributed by atoms with Crippen molar-refractivity contribution in [3.63, 3.8) is 0 Å². The molecule has 6 nitrogen and oxygen atoms in total. The first kappa shape index (κ1) is 9.23. The zero-order valence-corrected chi connectivity index (χ0v) is 7.42. The van der Waals surface area contributed by atoms with E-state index in [9.17, 15) is 0 Å². The molecule has 0 aliphatic heterocycles. The summed E-state index contributed by atoms with van der Waals surface area (Å²) in [4.78, 5) is 7.88. The maximum Gasteiger partial charge on any atom is 0.707 e. The van der Waals surface area contributed by atoms with Gasteiger partial charge in [-0.3, -0.25) is 0 Å². The fourth-order valence-corrected chi connectivity index (χ4v) is 0.984. The lowest BCUT2D eigenvalue weighted by Crippen LogP contribution is -2.20. The number of hydrogen-bond acceptors (Lipinski definition) is 6. The van der Waals surface area contributed by atoms with Crippen LogP contribution in [0.5, 0.6) is 5.75 Å². The summed E-state index contributed by atoms with van der Waals surface area (Å²) in [6.45, 7) is 0. The molecule has 74 valence electrons. The van der Waals surface area contributed by atoms with Gasteiger partial charge in [0.2, 0.25) is 5.95 Å². The number of aromatic nitrogens is 2. The predicted molar refractivity (Wildman–Crippen MR) is 49.5 cm³/mol. The number of nitrogens with one attached hydrogen (secondary N) is 1. The Bertz CT molecular complexity index is 279. The van der Waals surface area contributed by atoms with E-state index in [4.69, 9.17) is 10.0 Å². The van der Waals surface area contributed by atoms with E-state index in [0.717, 1.165) is 12.8 Å². The fourth-order valence-electron chi connectivity index (χ4n) is 0.984. The van der Waals surface area contributed by atoms with Gasteiger partial charge in [0, 0.05) is 6.04 Å². The van der Waals surface area contributed by atoms with Crippen LogP contribution in [0.3, 0.4) is 0 Å². The Kier molecular flexibility index (Phi) is 2.51. The summed E-state index contributed by atoms with van der Waals surface area (Å²) in [5, 5.41) is 20.1. The molecular formula is C7H10BN3O3. The molecule has 0 radical (unpaired) electrons. The van der Waals surface area contributed by atoms with E-state index in [1.165, 1.54) is 12.4 Å². The zero-order valence-electron chi connectivity index (χ0n) is 7.42. The van der Waals surface area contributed by atoms with E-state index in [-0.39, 0.29) is 5.75 Å². The molecule has 1 fully saturated rings. The van der Waals surface area contributed by atoms with Crippen LogP contribution in [0.25, 0.3) is 0 Å². The highest BCUT2D eigenvalue weighted by Crippen LogP contribution is 2.22. The molecule has 1 aliphatic carbocycles. The molecule has 0 amide bonds. The van der Waals surface area contributed by atoms with Gasteiger partial charge in [0.25, 0.3) is 0 Å². The maximum atomic E-state index is 8.49. The van der Waals surface area contributed by atoms with Crippen LogP contribution in [0.2, 0.25) is 0 Å². The van der Waals surface area contributed by atoms with Crippen molar-refractivity contribution >= 4 is 13.3 Å². The summed E-state index contributed by atoms with van der Waals surface area (Å²) in [5.74, 6) is 0.758. The standard InChI is InChI=1S/C7H10BN3O3/c12-8(13)14-6-3-9-7(10-4-6)11-5-1-2-5/h3-5,12-13H,1-2H2,(H,9,10,11). The predicted octanol–water partition coefficient (Wildman–Crippen LogP) is -0.601. The first-order chi connectivity index (χ1) is 6.74. The van der Waals surface area contributed by atoms with E-state index >= 15 is 0 Å². The van der Waals surface area contributed by atoms with E-state index < -0.39 is 7.32 Å². The van der Waals surface area contributed by atoms with Crippen LogP contribution >= 0.6 is 0 Å². The van der Waals surface area contributed by atoms with Crippen LogP contribution in [0.1, 0.15) is 12.8 Å². The van der Waals surface area contributed by atoms with Gasteiger partial charge in [-0.15, -0.1) is 0 Å². The highest BCUT2D eigenvalue weighted by molar-refractivity contribution is 6.33. The molecule has 0 spiro atoms. The number of hydrogen-bond donors (Lipinski definition) is 3. The molecule has 14 heavy (non-hydrogen) atoms. The first-order valence-corrected chi connectivity index (χ1v) is 4.35. The van der Waals surface area contributed by atoms with Crippen molar-refractivity contribution in [1.29, 1.82) is 0 Å². The van der Waals surface area contributed by atoms with Crippen LogP contribution in [-0.4, -0.2) is 33.4 Å². The average Bonchev–Trinajstić information content (AvgIpc) is 2.91. The van der Waals surface area contributed by atoms with Crippen molar-refractivity contribution in [1.82, 2.24) is 9.97 Å². The lowest BCUT2D eigenvalue weighted by atomic mass is 10.2. The van der Waals surface area contributed by atoms with Gasteiger partial charge in [0.15, 0.2) is 0 Å². The Labute approximate surface area is 81.1 Å². The van der Waals surface area contributed by atoms with E-state index in [1.54, 1.807) is 0 Å². The highest BCUT2D eigenvalue weighted by Gasteiger charge is 2.21. The molecular weight excluding hydrogens is 185 g/mol. The number of anilines is 1. The topological polar surface area (TPSA) is 87.5 Å². The molecule has 0 bridgehead atoms. The van der Waals surface area contributed by atoms with Crippen molar-refractivity contribution < 1.29 is 14.7 Å². The summed E-state index contributed by atoms with van der Waals surface area (Å²) >= 11 is 0. The van der Waals surface area contributed by atoms with Gasteiger partial charge in [0.05, 0.1) is 12.4 Å². The van der Waals surface area contributed by atoms with Gasteiger partial charge in [-0.25, -0.2) is 9.97 Å². The Hall–Kier alpha value is -1.34. The molecule has 3 N–H and O–H groups in total. The zero-order chi connectivity index (χ0) is 9.97. The van der Waals surface area contributed by atoms with Crippen molar-refractivity contribution in [3.8, 4) is 5.75 Å². The average molecular weight is 195 g/mol. The minimum Gasteiger partial charge on any atom is -0.509 e. The molecule has 0 aromatic carbocycles. The first-order valence-electron chi connectivity index (χ1n) is 4.35. The fraction of sp³-hybridized carbons (Fsp3) is 0.429. The quantitative estimate of drug-likeness (QED) is 0.556. The maximum absolute atomic E-state index is 8.49. The Morgan fingerprint density at radius 3 is 2.50 bits per heavy atom. The van der Waals surface area contributed by atoms with Gasteiger partial charge in [-0.2, -0.15) is 0 Å². The van der Waals surface area contributed by atoms with E-state index in [1.807, 2.05) is 0 Å². The molecule has 1 aromatic rings. The molecule has 0 unspecified atom stereocenters. The molecule has 1 aromatic heterocycles. The van der Waals surface area contributed by atoms with Crippen molar-refractivity contribution in [3.05, 3.63) is 12.4 Å². The number of rotatable bonds is 4. The normalized spacial score (nSPS) is 15.0. The third kappa shape index (κ3) is 2.58. The summed E-state index contributed by atoms with van der Waals surface area (Å²) < 4.78 is 4.55. The minimum atomic E-state index is -1.83. The highest BCUT2D eigenvalue weighted by atomic mass is 16.6. The lowest BCUT2D eigenvalue weighted by Gasteiger charge is -2.05. The largest absolute Gasteiger partial charge is 0.707 e. The molecule has 1 aliphatic rings. The molecule has 1 heterocycles. The molecule has 0 atom stereocenters. The minimum absolute atomic E-state index is 0.223. The van der Waals surface area contributed by atoms with Crippen LogP contribution in [0, 0.1) is 0 Å². The van der Waals surface area contributed by atoms with Gasteiger partial charge < -0.3 is 20.0 Å². The second-order valence-corrected chi connectivity index (χ2v) is 3.11. The monoisotopic (exact) mass is 195 g/mol. The van der Waals surface area contributed by atoms with Crippen LogP contribution in [0.4, 0.5) is 5.95 Å². The molecule has 1 saturated carbocycles. The third-order valence-corrected chi connectivity index (χ3v) is 1.78. The van der Waals surface area contributed by atoms with Gasteiger partial charge >= 0.3 is 7.32 Å². The molecule has 7 heteroatoms. The SMILES string of the molecule is OB(O)Oc1cnc(NC2CC2)nc1. The molecule has 0 saturated heterocycles. The number of nitrogens with zero attached hydrogens (tertiary/aromatic N) is 2. The van der Waals surface area contributed by atoms with E-state index in [2.05, 4.69) is 19.9 Å².